The molecule has 36 heavy (non-hydrogen) atoms. The zero-order chi connectivity index (χ0) is 25.7. The van der Waals surface area contributed by atoms with Crippen molar-refractivity contribution < 1.29 is 19.1 Å². The van der Waals surface area contributed by atoms with Gasteiger partial charge in [-0.2, -0.15) is 0 Å². The second-order valence-corrected chi connectivity index (χ2v) is 9.88. The Labute approximate surface area is 217 Å². The maximum absolute atomic E-state index is 12.8. The van der Waals surface area contributed by atoms with Crippen LogP contribution in [0.3, 0.4) is 0 Å². The van der Waals surface area contributed by atoms with E-state index in [0.29, 0.717) is 21.5 Å². The molecule has 4 rings (SSSR count). The lowest BCUT2D eigenvalue weighted by molar-refractivity contribution is -0.113. The summed E-state index contributed by atoms with van der Waals surface area (Å²) < 4.78 is 12.6. The Hall–Kier alpha value is -3.63. The van der Waals surface area contributed by atoms with Crippen molar-refractivity contribution in [1.29, 1.82) is 0 Å². The van der Waals surface area contributed by atoms with E-state index in [4.69, 9.17) is 9.47 Å². The fourth-order valence-corrected chi connectivity index (χ4v) is 5.23. The number of para-hydroxylation sites is 1. The maximum Gasteiger partial charge on any atom is 0.341 e. The molecule has 2 heterocycles. The standard InChI is InChI=1S/C26H26N4O4S2/c1-16-10-11-17(2)19(12-16)20-14-35-24(23(20)25(32)33-4)27-22(31)15-36-26-29-28-21(30(26)3)13-34-18-8-6-5-7-9-18/h5-12,14H,13,15H2,1-4H3,(H,27,31). The summed E-state index contributed by atoms with van der Waals surface area (Å²) in [5.74, 6) is 0.733. The number of thiophene rings is 1. The molecule has 0 bridgehead atoms. The summed E-state index contributed by atoms with van der Waals surface area (Å²) in [6, 6.07) is 15.5. The lowest BCUT2D eigenvalue weighted by atomic mass is 9.97. The number of anilines is 1. The number of methoxy groups -OCH3 is 1. The van der Waals surface area contributed by atoms with Crippen LogP contribution in [0.25, 0.3) is 11.1 Å². The summed E-state index contributed by atoms with van der Waals surface area (Å²) >= 11 is 2.55. The van der Waals surface area contributed by atoms with Crippen LogP contribution in [0.2, 0.25) is 0 Å². The van der Waals surface area contributed by atoms with Gasteiger partial charge in [0.15, 0.2) is 11.0 Å². The molecular formula is C26H26N4O4S2. The van der Waals surface area contributed by atoms with Crippen LogP contribution in [0.5, 0.6) is 5.75 Å². The molecule has 0 spiro atoms. The van der Waals surface area contributed by atoms with Crippen LogP contribution in [0, 0.1) is 13.8 Å². The van der Waals surface area contributed by atoms with Gasteiger partial charge in [-0.05, 0) is 37.1 Å². The Kier molecular flexibility index (Phi) is 8.07. The molecule has 0 fully saturated rings. The topological polar surface area (TPSA) is 95.3 Å². The van der Waals surface area contributed by atoms with Crippen LogP contribution in [0.15, 0.2) is 59.1 Å². The Bertz CT molecular complexity index is 1380. The molecule has 186 valence electrons. The summed E-state index contributed by atoms with van der Waals surface area (Å²) in [6.07, 6.45) is 0. The average molecular weight is 523 g/mol. The highest BCUT2D eigenvalue weighted by Gasteiger charge is 2.23. The molecule has 0 saturated carbocycles. The SMILES string of the molecule is COC(=O)c1c(-c2cc(C)ccc2C)csc1NC(=O)CSc1nnc(COc2ccccc2)n1C. The zero-order valence-electron chi connectivity index (χ0n) is 20.4. The summed E-state index contributed by atoms with van der Waals surface area (Å²) in [5.41, 5.74) is 4.15. The third-order valence-corrected chi connectivity index (χ3v) is 7.40. The first kappa shape index (κ1) is 25.5. The molecular weight excluding hydrogens is 496 g/mol. The van der Waals surface area contributed by atoms with Gasteiger partial charge < -0.3 is 19.4 Å². The fraction of sp³-hybridized carbons (Fsp3) is 0.231. The van der Waals surface area contributed by atoms with Crippen LogP contribution >= 0.6 is 23.1 Å². The number of carbonyl (C=O) groups is 2. The smallest absolute Gasteiger partial charge is 0.341 e. The molecule has 1 N–H and O–H groups in total. The molecule has 1 amide bonds. The molecule has 0 aliphatic carbocycles. The number of hydrogen-bond acceptors (Lipinski definition) is 8. The number of amides is 1. The van der Waals surface area contributed by atoms with Gasteiger partial charge in [-0.1, -0.05) is 53.7 Å². The molecule has 0 saturated heterocycles. The number of aryl methyl sites for hydroxylation is 2. The van der Waals surface area contributed by atoms with Gasteiger partial charge in [-0.25, -0.2) is 4.79 Å². The van der Waals surface area contributed by atoms with E-state index in [2.05, 4.69) is 15.5 Å². The molecule has 2 aromatic heterocycles. The lowest BCUT2D eigenvalue weighted by Crippen LogP contribution is -2.16. The average Bonchev–Trinajstić information content (AvgIpc) is 3.46. The zero-order valence-corrected chi connectivity index (χ0v) is 22.0. The van der Waals surface area contributed by atoms with Gasteiger partial charge in [0, 0.05) is 18.0 Å². The van der Waals surface area contributed by atoms with Gasteiger partial charge in [0.2, 0.25) is 5.91 Å². The molecule has 0 atom stereocenters. The van der Waals surface area contributed by atoms with Crippen LogP contribution in [0.1, 0.15) is 27.3 Å². The third kappa shape index (κ3) is 5.77. The number of carbonyl (C=O) groups excluding carboxylic acids is 2. The molecule has 0 unspecified atom stereocenters. The minimum absolute atomic E-state index is 0.100. The van der Waals surface area contributed by atoms with Gasteiger partial charge in [-0.15, -0.1) is 21.5 Å². The van der Waals surface area contributed by atoms with Crippen molar-refractivity contribution in [3.05, 3.63) is 76.4 Å². The highest BCUT2D eigenvalue weighted by atomic mass is 32.2. The molecule has 2 aromatic carbocycles. The largest absolute Gasteiger partial charge is 0.486 e. The van der Waals surface area contributed by atoms with Crippen molar-refractivity contribution in [3.8, 4) is 16.9 Å². The molecule has 10 heteroatoms. The van der Waals surface area contributed by atoms with Gasteiger partial charge in [0.05, 0.1) is 12.9 Å². The number of nitrogens with zero attached hydrogens (tertiary/aromatic N) is 3. The molecule has 0 aliphatic heterocycles. The fourth-order valence-electron chi connectivity index (χ4n) is 3.53. The van der Waals surface area contributed by atoms with Crippen LogP contribution in [-0.2, 0) is 23.2 Å². The highest BCUT2D eigenvalue weighted by molar-refractivity contribution is 7.99. The minimum Gasteiger partial charge on any atom is -0.486 e. The van der Waals surface area contributed by atoms with Crippen molar-refractivity contribution in [2.45, 2.75) is 25.6 Å². The molecule has 0 aliphatic rings. The van der Waals surface area contributed by atoms with E-state index in [9.17, 15) is 9.59 Å². The lowest BCUT2D eigenvalue weighted by Gasteiger charge is -2.10. The van der Waals surface area contributed by atoms with Crippen molar-refractivity contribution in [2.24, 2.45) is 7.05 Å². The van der Waals surface area contributed by atoms with Crippen molar-refractivity contribution in [1.82, 2.24) is 14.8 Å². The third-order valence-electron chi connectivity index (χ3n) is 5.49. The number of ether oxygens (including phenoxy) is 2. The van der Waals surface area contributed by atoms with E-state index >= 15 is 0 Å². The monoisotopic (exact) mass is 522 g/mol. The number of aromatic nitrogens is 3. The van der Waals surface area contributed by atoms with Crippen LogP contribution in [0.4, 0.5) is 5.00 Å². The van der Waals surface area contributed by atoms with Crippen LogP contribution < -0.4 is 10.1 Å². The number of hydrogen-bond donors (Lipinski definition) is 1. The van der Waals surface area contributed by atoms with Gasteiger partial charge in [-0.3, -0.25) is 4.79 Å². The number of esters is 1. The summed E-state index contributed by atoms with van der Waals surface area (Å²) in [4.78, 5) is 25.4. The predicted octanol–water partition coefficient (Wildman–Crippen LogP) is 5.26. The molecule has 4 aromatic rings. The minimum atomic E-state index is -0.494. The number of benzene rings is 2. The predicted molar refractivity (Wildman–Crippen MR) is 142 cm³/mol. The Morgan fingerprint density at radius 2 is 1.86 bits per heavy atom. The second kappa shape index (κ2) is 11.4. The Balaban J connectivity index is 1.43. The number of nitrogens with one attached hydrogen (secondary N) is 1. The maximum atomic E-state index is 12.8. The van der Waals surface area contributed by atoms with E-state index in [1.807, 2.05) is 74.8 Å². The van der Waals surface area contributed by atoms with E-state index < -0.39 is 5.97 Å². The normalized spacial score (nSPS) is 10.8. The first-order valence-electron chi connectivity index (χ1n) is 11.1. The van der Waals surface area contributed by atoms with E-state index in [1.54, 1.807) is 4.57 Å². The number of thioether (sulfide) groups is 1. The Morgan fingerprint density at radius 1 is 1.08 bits per heavy atom. The highest BCUT2D eigenvalue weighted by Crippen LogP contribution is 2.38. The van der Waals surface area contributed by atoms with Gasteiger partial charge in [0.25, 0.3) is 0 Å². The quantitative estimate of drug-likeness (QED) is 0.237. The summed E-state index contributed by atoms with van der Waals surface area (Å²) in [6.45, 7) is 4.25. The van der Waals surface area contributed by atoms with Gasteiger partial charge >= 0.3 is 5.97 Å². The molecule has 0 radical (unpaired) electrons. The second-order valence-electron chi connectivity index (χ2n) is 8.06. The van der Waals surface area contributed by atoms with Gasteiger partial charge in [0.1, 0.15) is 22.9 Å². The van der Waals surface area contributed by atoms with E-state index in [0.717, 1.165) is 28.0 Å². The first-order valence-corrected chi connectivity index (χ1v) is 13.0. The van der Waals surface area contributed by atoms with Crippen LogP contribution in [-0.4, -0.2) is 39.5 Å². The van der Waals surface area contributed by atoms with Crippen molar-refractivity contribution in [2.75, 3.05) is 18.2 Å². The van der Waals surface area contributed by atoms with Crippen molar-refractivity contribution in [3.63, 3.8) is 0 Å². The summed E-state index contributed by atoms with van der Waals surface area (Å²) in [5, 5.41) is 14.1. The summed E-state index contributed by atoms with van der Waals surface area (Å²) in [7, 11) is 3.16. The van der Waals surface area contributed by atoms with E-state index in [1.165, 1.54) is 30.2 Å². The molecule has 8 nitrogen and oxygen atoms in total. The van der Waals surface area contributed by atoms with Crippen molar-refractivity contribution >= 4 is 40.0 Å². The number of rotatable bonds is 9. The first-order chi connectivity index (χ1) is 17.4. The Morgan fingerprint density at radius 3 is 2.61 bits per heavy atom. The van der Waals surface area contributed by atoms with E-state index in [-0.39, 0.29) is 18.3 Å².